The van der Waals surface area contributed by atoms with Gasteiger partial charge in [-0.25, -0.2) is 4.98 Å². The highest BCUT2D eigenvalue weighted by molar-refractivity contribution is 5.68. The largest absolute Gasteiger partial charge is 0.497 e. The normalized spacial score (nSPS) is 11.5. The molecule has 3 rings (SSSR count). The van der Waals surface area contributed by atoms with Gasteiger partial charge in [-0.1, -0.05) is 12.1 Å². The molecule has 7 heteroatoms. The number of methoxy groups -OCH3 is 1. The highest BCUT2D eigenvalue weighted by Crippen LogP contribution is 2.24. The SMILES string of the molecule is COc1ccc(-c2nc(Nc3cccc(C(C)O)c3)[nH]c(=O)c2C#N)cc1. The number of aromatic nitrogens is 2. The molecule has 3 N–H and O–H groups in total. The number of nitriles is 1. The maximum Gasteiger partial charge on any atom is 0.270 e. The number of nitrogens with zero attached hydrogens (tertiary/aromatic N) is 2. The van der Waals surface area contributed by atoms with Crippen LogP contribution in [-0.4, -0.2) is 22.2 Å². The van der Waals surface area contributed by atoms with Gasteiger partial charge in [0.25, 0.3) is 5.56 Å². The maximum absolute atomic E-state index is 12.3. The van der Waals surface area contributed by atoms with Crippen molar-refractivity contribution in [3.63, 3.8) is 0 Å². The molecule has 1 unspecified atom stereocenters. The molecular weight excluding hydrogens is 344 g/mol. The van der Waals surface area contributed by atoms with Crippen molar-refractivity contribution in [1.29, 1.82) is 5.26 Å². The molecule has 0 saturated heterocycles. The molecule has 0 saturated carbocycles. The summed E-state index contributed by atoms with van der Waals surface area (Å²) in [6, 6.07) is 16.0. The summed E-state index contributed by atoms with van der Waals surface area (Å²) >= 11 is 0. The Hall–Kier alpha value is -3.63. The Morgan fingerprint density at radius 1 is 1.26 bits per heavy atom. The molecule has 0 bridgehead atoms. The van der Waals surface area contributed by atoms with Crippen LogP contribution in [0, 0.1) is 11.3 Å². The van der Waals surface area contributed by atoms with Gasteiger partial charge in [0, 0.05) is 11.3 Å². The predicted molar refractivity (Wildman–Crippen MR) is 102 cm³/mol. The second-order valence-electron chi connectivity index (χ2n) is 5.90. The Morgan fingerprint density at radius 3 is 2.63 bits per heavy atom. The fraction of sp³-hybridized carbons (Fsp3) is 0.150. The molecule has 0 amide bonds. The van der Waals surface area contributed by atoms with E-state index in [0.29, 0.717) is 17.0 Å². The lowest BCUT2D eigenvalue weighted by molar-refractivity contribution is 0.199. The molecular formula is C20H18N4O3. The average Bonchev–Trinajstić information content (AvgIpc) is 2.68. The van der Waals surface area contributed by atoms with E-state index in [-0.39, 0.29) is 17.2 Å². The van der Waals surface area contributed by atoms with Crippen molar-refractivity contribution in [3.8, 4) is 23.1 Å². The van der Waals surface area contributed by atoms with Crippen LogP contribution in [0.15, 0.2) is 53.3 Å². The zero-order chi connectivity index (χ0) is 19.4. The van der Waals surface area contributed by atoms with Crippen molar-refractivity contribution in [2.45, 2.75) is 13.0 Å². The highest BCUT2D eigenvalue weighted by Gasteiger charge is 2.14. The number of H-pyrrole nitrogens is 1. The molecule has 1 atom stereocenters. The fourth-order valence-electron chi connectivity index (χ4n) is 2.61. The molecule has 136 valence electrons. The van der Waals surface area contributed by atoms with E-state index in [1.165, 1.54) is 0 Å². The van der Waals surface area contributed by atoms with Crippen LogP contribution < -0.4 is 15.6 Å². The summed E-state index contributed by atoms with van der Waals surface area (Å²) in [5.41, 5.74) is 1.68. The Kier molecular flexibility index (Phi) is 5.20. The summed E-state index contributed by atoms with van der Waals surface area (Å²) < 4.78 is 5.13. The molecule has 1 heterocycles. The van der Waals surface area contributed by atoms with Gasteiger partial charge in [-0.3, -0.25) is 9.78 Å². The van der Waals surface area contributed by atoms with Crippen LogP contribution in [-0.2, 0) is 0 Å². The summed E-state index contributed by atoms with van der Waals surface area (Å²) in [7, 11) is 1.56. The minimum Gasteiger partial charge on any atom is -0.497 e. The topological polar surface area (TPSA) is 111 Å². The van der Waals surface area contributed by atoms with Gasteiger partial charge in [0.1, 0.15) is 17.4 Å². The van der Waals surface area contributed by atoms with E-state index in [2.05, 4.69) is 15.3 Å². The molecule has 0 aliphatic rings. The summed E-state index contributed by atoms with van der Waals surface area (Å²) in [5.74, 6) is 0.864. The molecule has 1 aromatic heterocycles. The summed E-state index contributed by atoms with van der Waals surface area (Å²) in [5, 5.41) is 22.1. The first-order valence-corrected chi connectivity index (χ1v) is 8.25. The van der Waals surface area contributed by atoms with E-state index in [1.54, 1.807) is 62.6 Å². The van der Waals surface area contributed by atoms with Gasteiger partial charge in [-0.2, -0.15) is 5.26 Å². The number of benzene rings is 2. The summed E-state index contributed by atoms with van der Waals surface area (Å²) in [6.07, 6.45) is -0.616. The minimum atomic E-state index is -0.616. The quantitative estimate of drug-likeness (QED) is 0.643. The standard InChI is InChI=1S/C20H18N4O3/c1-12(25)14-4-3-5-15(10-14)22-20-23-18(17(11-21)19(26)24-20)13-6-8-16(27-2)9-7-13/h3-10,12,25H,1-2H3,(H2,22,23,24,26). The van der Waals surface area contributed by atoms with Gasteiger partial charge in [0.15, 0.2) is 0 Å². The number of aliphatic hydroxyl groups excluding tert-OH is 1. The number of ether oxygens (including phenoxy) is 1. The average molecular weight is 362 g/mol. The van der Waals surface area contributed by atoms with Gasteiger partial charge in [0.2, 0.25) is 5.95 Å². The zero-order valence-electron chi connectivity index (χ0n) is 14.9. The van der Waals surface area contributed by atoms with E-state index in [9.17, 15) is 15.2 Å². The van der Waals surface area contributed by atoms with Crippen LogP contribution in [0.3, 0.4) is 0 Å². The first-order valence-electron chi connectivity index (χ1n) is 8.25. The zero-order valence-corrected chi connectivity index (χ0v) is 14.9. The third-order valence-electron chi connectivity index (χ3n) is 4.03. The Bertz CT molecular complexity index is 1050. The lowest BCUT2D eigenvalue weighted by Crippen LogP contribution is -2.16. The van der Waals surface area contributed by atoms with Crippen LogP contribution in [0.25, 0.3) is 11.3 Å². The molecule has 0 spiro atoms. The van der Waals surface area contributed by atoms with Crippen LogP contribution in [0.4, 0.5) is 11.6 Å². The van der Waals surface area contributed by atoms with Crippen molar-refractivity contribution < 1.29 is 9.84 Å². The van der Waals surface area contributed by atoms with Crippen LogP contribution in [0.1, 0.15) is 24.2 Å². The van der Waals surface area contributed by atoms with Gasteiger partial charge in [0.05, 0.1) is 18.9 Å². The Morgan fingerprint density at radius 2 is 2.00 bits per heavy atom. The van der Waals surface area contributed by atoms with Gasteiger partial charge in [-0.15, -0.1) is 0 Å². The lowest BCUT2D eigenvalue weighted by atomic mass is 10.1. The molecule has 0 aliphatic carbocycles. The van der Waals surface area contributed by atoms with Crippen LogP contribution in [0.5, 0.6) is 5.75 Å². The number of hydrogen-bond donors (Lipinski definition) is 3. The van der Waals surface area contributed by atoms with E-state index in [1.807, 2.05) is 6.07 Å². The minimum absolute atomic E-state index is 0.0663. The van der Waals surface area contributed by atoms with E-state index >= 15 is 0 Å². The first kappa shape index (κ1) is 18.2. The third-order valence-corrected chi connectivity index (χ3v) is 4.03. The van der Waals surface area contributed by atoms with E-state index in [0.717, 1.165) is 5.56 Å². The third kappa shape index (κ3) is 3.97. The Balaban J connectivity index is 2.03. The second kappa shape index (κ2) is 7.72. The molecule has 0 fully saturated rings. The number of anilines is 2. The number of aliphatic hydroxyl groups is 1. The van der Waals surface area contributed by atoms with E-state index in [4.69, 9.17) is 4.74 Å². The monoisotopic (exact) mass is 362 g/mol. The first-order chi connectivity index (χ1) is 13.0. The molecule has 3 aromatic rings. The maximum atomic E-state index is 12.3. The van der Waals surface area contributed by atoms with Crippen molar-refractivity contribution in [2.75, 3.05) is 12.4 Å². The van der Waals surface area contributed by atoms with Gasteiger partial charge >= 0.3 is 0 Å². The Labute approximate surface area is 155 Å². The molecule has 0 radical (unpaired) electrons. The smallest absolute Gasteiger partial charge is 0.270 e. The number of rotatable bonds is 5. The summed E-state index contributed by atoms with van der Waals surface area (Å²) in [4.78, 5) is 19.3. The van der Waals surface area contributed by atoms with Crippen molar-refractivity contribution >= 4 is 11.6 Å². The van der Waals surface area contributed by atoms with Gasteiger partial charge < -0.3 is 15.2 Å². The van der Waals surface area contributed by atoms with Crippen molar-refractivity contribution in [3.05, 3.63) is 70.0 Å². The molecule has 7 nitrogen and oxygen atoms in total. The number of nitrogens with one attached hydrogen (secondary N) is 2. The molecule has 2 aromatic carbocycles. The fourth-order valence-corrected chi connectivity index (χ4v) is 2.61. The molecule has 27 heavy (non-hydrogen) atoms. The predicted octanol–water partition coefficient (Wildman–Crippen LogP) is 3.11. The number of hydrogen-bond acceptors (Lipinski definition) is 6. The lowest BCUT2D eigenvalue weighted by Gasteiger charge is -2.11. The van der Waals surface area contributed by atoms with Gasteiger partial charge in [-0.05, 0) is 48.9 Å². The van der Waals surface area contributed by atoms with Crippen LogP contribution >= 0.6 is 0 Å². The second-order valence-corrected chi connectivity index (χ2v) is 5.90. The number of aromatic amines is 1. The van der Waals surface area contributed by atoms with Crippen molar-refractivity contribution in [1.82, 2.24) is 9.97 Å². The summed E-state index contributed by atoms with van der Waals surface area (Å²) in [6.45, 7) is 1.67. The van der Waals surface area contributed by atoms with Crippen LogP contribution in [0.2, 0.25) is 0 Å². The highest BCUT2D eigenvalue weighted by atomic mass is 16.5. The molecule has 0 aliphatic heterocycles. The van der Waals surface area contributed by atoms with E-state index < -0.39 is 11.7 Å². The van der Waals surface area contributed by atoms with Crippen molar-refractivity contribution in [2.24, 2.45) is 0 Å².